The van der Waals surface area contributed by atoms with E-state index in [0.29, 0.717) is 22.9 Å². The number of carbonyl (C=O) groups excluding carboxylic acids is 2. The maximum Gasteiger partial charge on any atom is 0.251 e. The summed E-state index contributed by atoms with van der Waals surface area (Å²) < 4.78 is 1.12. The summed E-state index contributed by atoms with van der Waals surface area (Å²) in [6.07, 6.45) is 1.07. The molecular weight excluding hydrogens is 366 g/mol. The first-order chi connectivity index (χ1) is 12.6. The lowest BCUT2D eigenvalue weighted by molar-refractivity contribution is -0.113. The van der Waals surface area contributed by atoms with Crippen LogP contribution in [-0.4, -0.2) is 36.7 Å². The average Bonchev–Trinajstić information content (AvgIpc) is 3.16. The van der Waals surface area contributed by atoms with Crippen LogP contribution in [0.4, 0.5) is 5.69 Å². The van der Waals surface area contributed by atoms with Crippen molar-refractivity contribution in [3.63, 3.8) is 0 Å². The highest BCUT2D eigenvalue weighted by atomic mass is 32.2. The molecule has 1 fully saturated rings. The van der Waals surface area contributed by atoms with Gasteiger partial charge in [-0.2, -0.15) is 0 Å². The van der Waals surface area contributed by atoms with Gasteiger partial charge in [0.25, 0.3) is 5.91 Å². The molecule has 2 heterocycles. The minimum Gasteiger partial charge on any atom is -0.348 e. The molecule has 2 aromatic rings. The number of anilines is 1. The molecule has 0 spiro atoms. The number of thioether (sulfide) groups is 1. The molecule has 7 heteroatoms. The number of thiophene rings is 1. The standard InChI is InChI=1S/C19H23N3O2S2/c1-13-8-9-20-11-16(13)22-19(24)14-4-6-15(7-5-14)21-17(23)12-26-18-3-2-10-25-18/h2-7,10,13,16,20H,8-9,11-12H2,1H3,(H,21,23)(H,22,24). The van der Waals surface area contributed by atoms with Crippen molar-refractivity contribution < 1.29 is 9.59 Å². The third-order valence-corrected chi connectivity index (χ3v) is 6.55. The molecular formula is C19H23N3O2S2. The summed E-state index contributed by atoms with van der Waals surface area (Å²) in [6, 6.07) is 11.2. The van der Waals surface area contributed by atoms with E-state index >= 15 is 0 Å². The highest BCUT2D eigenvalue weighted by Crippen LogP contribution is 2.23. The van der Waals surface area contributed by atoms with Crippen molar-refractivity contribution in [2.45, 2.75) is 23.6 Å². The quantitative estimate of drug-likeness (QED) is 0.664. The predicted octanol–water partition coefficient (Wildman–Crippen LogP) is 3.21. The Morgan fingerprint density at radius 1 is 1.27 bits per heavy atom. The second kappa shape index (κ2) is 9.21. The van der Waals surface area contributed by atoms with E-state index in [1.165, 1.54) is 11.8 Å². The number of carbonyl (C=O) groups is 2. The van der Waals surface area contributed by atoms with Crippen LogP contribution in [-0.2, 0) is 4.79 Å². The first-order valence-electron chi connectivity index (χ1n) is 8.69. The number of amides is 2. The van der Waals surface area contributed by atoms with Gasteiger partial charge in [0.1, 0.15) is 0 Å². The van der Waals surface area contributed by atoms with Gasteiger partial charge in [-0.3, -0.25) is 9.59 Å². The van der Waals surface area contributed by atoms with Crippen LogP contribution in [0.25, 0.3) is 0 Å². The summed E-state index contributed by atoms with van der Waals surface area (Å²) in [5.74, 6) is 0.717. The number of benzene rings is 1. The summed E-state index contributed by atoms with van der Waals surface area (Å²) in [6.45, 7) is 3.98. The number of hydrogen-bond acceptors (Lipinski definition) is 5. The molecule has 0 saturated carbocycles. The van der Waals surface area contributed by atoms with Crippen LogP contribution < -0.4 is 16.0 Å². The fourth-order valence-electron chi connectivity index (χ4n) is 2.82. The van der Waals surface area contributed by atoms with Crippen LogP contribution in [0.1, 0.15) is 23.7 Å². The minimum absolute atomic E-state index is 0.0530. The molecule has 3 rings (SSSR count). The Bertz CT molecular complexity index is 732. The first-order valence-corrected chi connectivity index (χ1v) is 10.6. The van der Waals surface area contributed by atoms with Crippen molar-refractivity contribution >= 4 is 40.6 Å². The van der Waals surface area contributed by atoms with Crippen molar-refractivity contribution in [1.29, 1.82) is 0 Å². The molecule has 3 N–H and O–H groups in total. The Kier molecular flexibility index (Phi) is 6.71. The van der Waals surface area contributed by atoms with E-state index < -0.39 is 0 Å². The maximum atomic E-state index is 12.4. The second-order valence-electron chi connectivity index (χ2n) is 6.40. The van der Waals surface area contributed by atoms with Crippen molar-refractivity contribution in [2.75, 3.05) is 24.2 Å². The third-order valence-electron chi connectivity index (χ3n) is 4.42. The van der Waals surface area contributed by atoms with Gasteiger partial charge in [0.15, 0.2) is 0 Å². The average molecular weight is 390 g/mol. The second-order valence-corrected chi connectivity index (χ2v) is 8.62. The summed E-state index contributed by atoms with van der Waals surface area (Å²) >= 11 is 3.14. The summed E-state index contributed by atoms with van der Waals surface area (Å²) in [5, 5.41) is 11.3. The van der Waals surface area contributed by atoms with Gasteiger partial charge in [0, 0.05) is 23.8 Å². The van der Waals surface area contributed by atoms with Gasteiger partial charge in [-0.15, -0.1) is 23.1 Å². The monoisotopic (exact) mass is 389 g/mol. The van der Waals surface area contributed by atoms with Gasteiger partial charge in [0.2, 0.25) is 5.91 Å². The topological polar surface area (TPSA) is 70.2 Å². The zero-order chi connectivity index (χ0) is 18.4. The Morgan fingerprint density at radius 3 is 2.77 bits per heavy atom. The molecule has 0 bridgehead atoms. The Morgan fingerprint density at radius 2 is 2.08 bits per heavy atom. The lowest BCUT2D eigenvalue weighted by Crippen LogP contribution is -2.50. The van der Waals surface area contributed by atoms with Crippen molar-refractivity contribution in [2.24, 2.45) is 5.92 Å². The molecule has 2 unspecified atom stereocenters. The van der Waals surface area contributed by atoms with E-state index in [2.05, 4.69) is 22.9 Å². The molecule has 2 amide bonds. The smallest absolute Gasteiger partial charge is 0.251 e. The maximum absolute atomic E-state index is 12.4. The van der Waals surface area contributed by atoms with Crippen molar-refractivity contribution in [3.05, 3.63) is 47.3 Å². The van der Waals surface area contributed by atoms with Gasteiger partial charge < -0.3 is 16.0 Å². The summed E-state index contributed by atoms with van der Waals surface area (Å²) in [7, 11) is 0. The highest BCUT2D eigenvalue weighted by Gasteiger charge is 2.22. The van der Waals surface area contributed by atoms with Crippen LogP contribution in [0.5, 0.6) is 0 Å². The van der Waals surface area contributed by atoms with Crippen LogP contribution in [0, 0.1) is 5.92 Å². The summed E-state index contributed by atoms with van der Waals surface area (Å²) in [4.78, 5) is 24.4. The number of rotatable bonds is 6. The molecule has 5 nitrogen and oxygen atoms in total. The van der Waals surface area contributed by atoms with E-state index in [-0.39, 0.29) is 17.9 Å². The van der Waals surface area contributed by atoms with Crippen molar-refractivity contribution in [3.8, 4) is 0 Å². The Balaban J connectivity index is 1.49. The van der Waals surface area contributed by atoms with E-state index in [0.717, 1.165) is 23.7 Å². The SMILES string of the molecule is CC1CCNCC1NC(=O)c1ccc(NC(=O)CSc2cccs2)cc1. The molecule has 138 valence electrons. The van der Waals surface area contributed by atoms with E-state index in [9.17, 15) is 9.59 Å². The zero-order valence-electron chi connectivity index (χ0n) is 14.7. The van der Waals surface area contributed by atoms with Gasteiger partial charge in [-0.1, -0.05) is 13.0 Å². The molecule has 0 radical (unpaired) electrons. The number of hydrogen-bond donors (Lipinski definition) is 3. The molecule has 26 heavy (non-hydrogen) atoms. The lowest BCUT2D eigenvalue weighted by atomic mass is 9.94. The summed E-state index contributed by atoms with van der Waals surface area (Å²) in [5.41, 5.74) is 1.31. The Hall–Kier alpha value is -1.83. The normalized spacial score (nSPS) is 19.7. The molecule has 1 aliphatic rings. The highest BCUT2D eigenvalue weighted by molar-refractivity contribution is 8.01. The van der Waals surface area contributed by atoms with Gasteiger partial charge in [-0.05, 0) is 54.6 Å². The Labute approximate surface area is 162 Å². The number of nitrogens with one attached hydrogen (secondary N) is 3. The minimum atomic E-state index is -0.0725. The molecule has 1 saturated heterocycles. The molecule has 0 aliphatic carbocycles. The van der Waals surface area contributed by atoms with E-state index in [4.69, 9.17) is 0 Å². The molecule has 1 aliphatic heterocycles. The third kappa shape index (κ3) is 5.33. The van der Waals surface area contributed by atoms with Gasteiger partial charge in [0.05, 0.1) is 9.96 Å². The van der Waals surface area contributed by atoms with Gasteiger partial charge in [-0.25, -0.2) is 0 Å². The lowest BCUT2D eigenvalue weighted by Gasteiger charge is -2.30. The van der Waals surface area contributed by atoms with Crippen LogP contribution >= 0.6 is 23.1 Å². The molecule has 1 aromatic heterocycles. The molecule has 1 aromatic carbocycles. The van der Waals surface area contributed by atoms with Crippen LogP contribution in [0.15, 0.2) is 46.0 Å². The van der Waals surface area contributed by atoms with Crippen molar-refractivity contribution in [1.82, 2.24) is 10.6 Å². The first kappa shape index (κ1) is 18.9. The van der Waals surface area contributed by atoms with Crippen LogP contribution in [0.3, 0.4) is 0 Å². The fraction of sp³-hybridized carbons (Fsp3) is 0.368. The fourth-order valence-corrected chi connectivity index (χ4v) is 4.40. The molecule has 2 atom stereocenters. The van der Waals surface area contributed by atoms with E-state index in [1.807, 2.05) is 17.5 Å². The zero-order valence-corrected chi connectivity index (χ0v) is 16.3. The predicted molar refractivity (Wildman–Crippen MR) is 108 cm³/mol. The van der Waals surface area contributed by atoms with E-state index in [1.54, 1.807) is 35.6 Å². The largest absolute Gasteiger partial charge is 0.348 e. The van der Waals surface area contributed by atoms with Crippen LogP contribution in [0.2, 0.25) is 0 Å². The number of piperidine rings is 1. The van der Waals surface area contributed by atoms with Gasteiger partial charge >= 0.3 is 0 Å².